The molecule has 1 heterocycles. The van der Waals surface area contributed by atoms with Gasteiger partial charge in [0, 0.05) is 11.6 Å². The van der Waals surface area contributed by atoms with Gasteiger partial charge in [-0.3, -0.25) is 0 Å². The minimum atomic E-state index is 0. The van der Waals surface area contributed by atoms with Crippen LogP contribution in [-0.2, 0) is 19.7 Å². The molecule has 0 saturated carbocycles. The van der Waals surface area contributed by atoms with Gasteiger partial charge in [0.1, 0.15) is 12.4 Å². The highest BCUT2D eigenvalue weighted by atomic mass is 35.5. The zero-order valence-electron chi connectivity index (χ0n) is 14.7. The molecule has 4 nitrogen and oxygen atoms in total. The summed E-state index contributed by atoms with van der Waals surface area (Å²) in [4.78, 5) is 0. The van der Waals surface area contributed by atoms with Crippen molar-refractivity contribution in [1.82, 2.24) is 5.32 Å². The third kappa shape index (κ3) is 6.08. The van der Waals surface area contributed by atoms with Crippen LogP contribution in [0, 0.1) is 0 Å². The van der Waals surface area contributed by atoms with E-state index >= 15 is 0 Å². The lowest BCUT2D eigenvalue weighted by molar-refractivity contribution is 0.284. The number of halogens is 3. The van der Waals surface area contributed by atoms with Gasteiger partial charge in [-0.25, -0.2) is 0 Å². The Labute approximate surface area is 174 Å². The van der Waals surface area contributed by atoms with Crippen molar-refractivity contribution in [2.75, 3.05) is 7.11 Å². The van der Waals surface area contributed by atoms with Gasteiger partial charge in [0.15, 0.2) is 11.5 Å². The smallest absolute Gasteiger partial charge is 0.180 e. The molecular formula is C20H20Cl3NO3. The second-order valence-electron chi connectivity index (χ2n) is 5.71. The van der Waals surface area contributed by atoms with Gasteiger partial charge in [0.25, 0.3) is 0 Å². The topological polar surface area (TPSA) is 43.6 Å². The van der Waals surface area contributed by atoms with E-state index in [-0.39, 0.29) is 12.4 Å². The van der Waals surface area contributed by atoms with Crippen molar-refractivity contribution >= 4 is 35.6 Å². The van der Waals surface area contributed by atoms with Crippen molar-refractivity contribution in [2.45, 2.75) is 19.7 Å². The highest BCUT2D eigenvalue weighted by Gasteiger charge is 2.12. The number of benzene rings is 2. The van der Waals surface area contributed by atoms with Crippen LogP contribution < -0.4 is 14.8 Å². The molecule has 0 unspecified atom stereocenters. The summed E-state index contributed by atoms with van der Waals surface area (Å²) < 4.78 is 16.6. The molecule has 3 aromatic rings. The van der Waals surface area contributed by atoms with E-state index in [1.807, 2.05) is 48.5 Å². The molecule has 0 aliphatic rings. The van der Waals surface area contributed by atoms with Crippen molar-refractivity contribution in [3.8, 4) is 11.5 Å². The van der Waals surface area contributed by atoms with Crippen molar-refractivity contribution in [3.05, 3.63) is 81.7 Å². The number of rotatable bonds is 8. The van der Waals surface area contributed by atoms with Crippen LogP contribution in [0.5, 0.6) is 11.5 Å². The van der Waals surface area contributed by atoms with E-state index < -0.39 is 0 Å². The summed E-state index contributed by atoms with van der Waals surface area (Å²) in [6.45, 7) is 1.65. The third-order valence-electron chi connectivity index (χ3n) is 3.79. The average molecular weight is 429 g/mol. The zero-order valence-corrected chi connectivity index (χ0v) is 17.0. The Kier molecular flexibility index (Phi) is 8.32. The quantitative estimate of drug-likeness (QED) is 0.486. The third-order valence-corrected chi connectivity index (χ3v) is 4.33. The second kappa shape index (κ2) is 10.5. The standard InChI is InChI=1S/C20H19Cl2NO3.ClH/c1-24-19-10-15(11-23-12-17-3-2-8-25-17)9-18(22)20(19)26-13-14-4-6-16(21)7-5-14;/h2-10,23H,11-13H2,1H3;1H. The molecule has 0 aliphatic heterocycles. The SMILES string of the molecule is COc1cc(CNCc2ccco2)cc(Cl)c1OCc1ccc(Cl)cc1.Cl. The highest BCUT2D eigenvalue weighted by molar-refractivity contribution is 6.32. The Morgan fingerprint density at radius 3 is 2.44 bits per heavy atom. The molecule has 0 bridgehead atoms. The minimum absolute atomic E-state index is 0. The summed E-state index contributed by atoms with van der Waals surface area (Å²) in [5, 5.41) is 4.50. The van der Waals surface area contributed by atoms with E-state index in [9.17, 15) is 0 Å². The number of hydrogen-bond acceptors (Lipinski definition) is 4. The van der Waals surface area contributed by atoms with E-state index in [0.717, 1.165) is 16.9 Å². The van der Waals surface area contributed by atoms with E-state index in [4.69, 9.17) is 37.1 Å². The van der Waals surface area contributed by atoms with E-state index in [0.29, 0.717) is 41.2 Å². The van der Waals surface area contributed by atoms with E-state index in [2.05, 4.69) is 5.32 Å². The molecule has 0 amide bonds. The Balaban J connectivity index is 0.00000261. The summed E-state index contributed by atoms with van der Waals surface area (Å²) in [5.41, 5.74) is 1.99. The highest BCUT2D eigenvalue weighted by Crippen LogP contribution is 2.37. The fraction of sp³-hybridized carbons (Fsp3) is 0.200. The molecule has 0 aliphatic carbocycles. The van der Waals surface area contributed by atoms with Gasteiger partial charge in [-0.1, -0.05) is 35.3 Å². The zero-order chi connectivity index (χ0) is 18.4. The maximum absolute atomic E-state index is 6.41. The first kappa shape index (κ1) is 21.5. The maximum atomic E-state index is 6.41. The first-order valence-corrected chi connectivity index (χ1v) is 8.88. The van der Waals surface area contributed by atoms with Crippen molar-refractivity contribution < 1.29 is 13.9 Å². The first-order valence-electron chi connectivity index (χ1n) is 8.12. The largest absolute Gasteiger partial charge is 0.493 e. The molecule has 1 N–H and O–H groups in total. The molecule has 3 rings (SSSR count). The van der Waals surface area contributed by atoms with Gasteiger partial charge in [-0.05, 0) is 47.5 Å². The number of ether oxygens (including phenoxy) is 2. The van der Waals surface area contributed by atoms with Crippen LogP contribution in [0.4, 0.5) is 0 Å². The molecule has 7 heteroatoms. The molecule has 2 aromatic carbocycles. The van der Waals surface area contributed by atoms with Gasteiger partial charge < -0.3 is 19.2 Å². The summed E-state index contributed by atoms with van der Waals surface area (Å²) in [5.74, 6) is 2.01. The molecule has 27 heavy (non-hydrogen) atoms. The van der Waals surface area contributed by atoms with Crippen molar-refractivity contribution in [2.24, 2.45) is 0 Å². The molecule has 0 fully saturated rings. The Morgan fingerprint density at radius 2 is 1.78 bits per heavy atom. The molecule has 0 radical (unpaired) electrons. The first-order chi connectivity index (χ1) is 12.7. The second-order valence-corrected chi connectivity index (χ2v) is 6.55. The number of furan rings is 1. The molecular weight excluding hydrogens is 409 g/mol. The fourth-order valence-electron chi connectivity index (χ4n) is 2.49. The summed E-state index contributed by atoms with van der Waals surface area (Å²) in [6, 6.07) is 15.1. The normalized spacial score (nSPS) is 10.3. The van der Waals surface area contributed by atoms with Crippen LogP contribution in [0.1, 0.15) is 16.9 Å². The Hall–Kier alpha value is -1.85. The maximum Gasteiger partial charge on any atom is 0.180 e. The van der Waals surface area contributed by atoms with Gasteiger partial charge in [-0.15, -0.1) is 12.4 Å². The lowest BCUT2D eigenvalue weighted by atomic mass is 10.2. The van der Waals surface area contributed by atoms with Gasteiger partial charge in [0.2, 0.25) is 0 Å². The molecule has 0 saturated heterocycles. The fourth-order valence-corrected chi connectivity index (χ4v) is 2.91. The number of nitrogens with one attached hydrogen (secondary N) is 1. The van der Waals surface area contributed by atoms with E-state index in [1.54, 1.807) is 13.4 Å². The van der Waals surface area contributed by atoms with Crippen LogP contribution in [0.2, 0.25) is 10.0 Å². The molecule has 0 spiro atoms. The van der Waals surface area contributed by atoms with Crippen LogP contribution in [-0.4, -0.2) is 7.11 Å². The number of hydrogen-bond donors (Lipinski definition) is 1. The predicted molar refractivity (Wildman–Crippen MR) is 110 cm³/mol. The monoisotopic (exact) mass is 427 g/mol. The van der Waals surface area contributed by atoms with Crippen LogP contribution >= 0.6 is 35.6 Å². The average Bonchev–Trinajstić information content (AvgIpc) is 3.15. The van der Waals surface area contributed by atoms with Crippen molar-refractivity contribution in [3.63, 3.8) is 0 Å². The van der Waals surface area contributed by atoms with Crippen LogP contribution in [0.3, 0.4) is 0 Å². The van der Waals surface area contributed by atoms with Gasteiger partial charge in [0.05, 0.1) is 24.9 Å². The summed E-state index contributed by atoms with van der Waals surface area (Å²) in [7, 11) is 1.60. The minimum Gasteiger partial charge on any atom is -0.493 e. The number of methoxy groups -OCH3 is 1. The van der Waals surface area contributed by atoms with Crippen LogP contribution in [0.15, 0.2) is 59.2 Å². The van der Waals surface area contributed by atoms with E-state index in [1.165, 1.54) is 0 Å². The lowest BCUT2D eigenvalue weighted by Crippen LogP contribution is -2.12. The molecule has 0 atom stereocenters. The molecule has 144 valence electrons. The summed E-state index contributed by atoms with van der Waals surface area (Å²) in [6.07, 6.45) is 1.66. The van der Waals surface area contributed by atoms with Crippen molar-refractivity contribution in [1.29, 1.82) is 0 Å². The Bertz CT molecular complexity index is 836. The summed E-state index contributed by atoms with van der Waals surface area (Å²) >= 11 is 12.3. The van der Waals surface area contributed by atoms with Crippen LogP contribution in [0.25, 0.3) is 0 Å². The predicted octanol–water partition coefficient (Wildman–Crippen LogP) is 5.89. The Morgan fingerprint density at radius 1 is 1.00 bits per heavy atom. The van der Waals surface area contributed by atoms with Gasteiger partial charge in [-0.2, -0.15) is 0 Å². The lowest BCUT2D eigenvalue weighted by Gasteiger charge is -2.14. The molecule has 1 aromatic heterocycles. The van der Waals surface area contributed by atoms with Gasteiger partial charge >= 0.3 is 0 Å².